The first kappa shape index (κ1) is 11.6. The Balaban J connectivity index is 2.38. The second-order valence-corrected chi connectivity index (χ2v) is 4.82. The van der Waals surface area contributed by atoms with Crippen LogP contribution in [0, 0.1) is 0 Å². The van der Waals surface area contributed by atoms with E-state index in [0.29, 0.717) is 10.7 Å². The van der Waals surface area contributed by atoms with Crippen LogP contribution in [-0.4, -0.2) is 27.2 Å². The normalized spacial score (nSPS) is 15.2. The van der Waals surface area contributed by atoms with Gasteiger partial charge < -0.3 is 15.9 Å². The Morgan fingerprint density at radius 1 is 1.44 bits per heavy atom. The Morgan fingerprint density at radius 3 is 2.88 bits per heavy atom. The molecule has 0 radical (unpaired) electrons. The van der Waals surface area contributed by atoms with Gasteiger partial charge in [0.25, 0.3) is 0 Å². The highest BCUT2D eigenvalue weighted by molar-refractivity contribution is 7.22. The molecule has 0 aliphatic carbocycles. The molecule has 2 atom stereocenters. The van der Waals surface area contributed by atoms with Gasteiger partial charge in [-0.3, -0.25) is 0 Å². The fourth-order valence-electron chi connectivity index (χ4n) is 1.45. The van der Waals surface area contributed by atoms with Gasteiger partial charge in [0.15, 0.2) is 5.13 Å². The van der Waals surface area contributed by atoms with Gasteiger partial charge in [-0.05, 0) is 17.7 Å². The number of benzene rings is 1. The number of anilines is 1. The molecule has 16 heavy (non-hydrogen) atoms. The molecule has 1 aromatic heterocycles. The van der Waals surface area contributed by atoms with Crippen LogP contribution in [0.3, 0.4) is 0 Å². The van der Waals surface area contributed by atoms with E-state index in [9.17, 15) is 10.2 Å². The topological polar surface area (TPSA) is 79.4 Å². The van der Waals surface area contributed by atoms with E-state index in [4.69, 9.17) is 17.3 Å². The number of nitrogen functional groups attached to an aromatic ring is 1. The molecule has 1 heterocycles. The molecule has 0 amide bonds. The lowest BCUT2D eigenvalue weighted by atomic mass is 10.1. The van der Waals surface area contributed by atoms with Crippen LogP contribution < -0.4 is 5.73 Å². The summed E-state index contributed by atoms with van der Waals surface area (Å²) in [6, 6.07) is 5.24. The van der Waals surface area contributed by atoms with Gasteiger partial charge in [0.05, 0.1) is 22.2 Å². The summed E-state index contributed by atoms with van der Waals surface area (Å²) >= 11 is 6.82. The van der Waals surface area contributed by atoms with Crippen LogP contribution in [0.2, 0.25) is 0 Å². The predicted octanol–water partition coefficient (Wildman–Crippen LogP) is 1.51. The van der Waals surface area contributed by atoms with Gasteiger partial charge in [-0.15, -0.1) is 11.6 Å². The predicted molar refractivity (Wildman–Crippen MR) is 65.7 cm³/mol. The number of halogens is 1. The lowest BCUT2D eigenvalue weighted by Crippen LogP contribution is -2.19. The van der Waals surface area contributed by atoms with Gasteiger partial charge in [0, 0.05) is 0 Å². The van der Waals surface area contributed by atoms with Crippen LogP contribution in [0.4, 0.5) is 5.13 Å². The van der Waals surface area contributed by atoms with E-state index in [-0.39, 0.29) is 5.88 Å². The molecule has 0 fully saturated rings. The third-order valence-electron chi connectivity index (χ3n) is 2.29. The molecule has 2 rings (SSSR count). The van der Waals surface area contributed by atoms with Gasteiger partial charge >= 0.3 is 0 Å². The summed E-state index contributed by atoms with van der Waals surface area (Å²) < 4.78 is 0.885. The van der Waals surface area contributed by atoms with Crippen LogP contribution in [0.1, 0.15) is 11.7 Å². The second-order valence-electron chi connectivity index (χ2n) is 3.45. The molecule has 6 heteroatoms. The Bertz CT molecular complexity index is 503. The van der Waals surface area contributed by atoms with Crippen molar-refractivity contribution in [2.75, 3.05) is 11.6 Å². The van der Waals surface area contributed by atoms with Crippen LogP contribution in [0.5, 0.6) is 0 Å². The minimum atomic E-state index is -0.981. The number of rotatable bonds is 3. The fraction of sp³-hybridized carbons (Fsp3) is 0.300. The first-order valence-electron chi connectivity index (χ1n) is 4.70. The summed E-state index contributed by atoms with van der Waals surface area (Å²) in [5.41, 5.74) is 6.98. The summed E-state index contributed by atoms with van der Waals surface area (Å²) in [7, 11) is 0. The summed E-state index contributed by atoms with van der Waals surface area (Å²) in [5.74, 6) is -0.00989. The highest BCUT2D eigenvalue weighted by Gasteiger charge is 2.17. The first-order chi connectivity index (χ1) is 7.61. The first-order valence-corrected chi connectivity index (χ1v) is 6.05. The zero-order chi connectivity index (χ0) is 11.7. The van der Waals surface area contributed by atoms with Crippen molar-refractivity contribution in [3.05, 3.63) is 23.8 Å². The van der Waals surface area contributed by atoms with Crippen LogP contribution in [0.25, 0.3) is 10.2 Å². The van der Waals surface area contributed by atoms with E-state index in [1.165, 1.54) is 11.3 Å². The standard InChI is InChI=1S/C10H11ClN2O2S/c11-4-7(14)9(15)5-1-2-6-8(3-5)16-10(12)13-6/h1-3,7,9,14-15H,4H2,(H2,12,13). The van der Waals surface area contributed by atoms with E-state index in [1.54, 1.807) is 18.2 Å². The molecule has 0 aliphatic rings. The number of fused-ring (bicyclic) bond motifs is 1. The molecule has 0 saturated heterocycles. The van der Waals surface area contributed by atoms with Crippen LogP contribution in [0.15, 0.2) is 18.2 Å². The number of aliphatic hydroxyl groups excluding tert-OH is 2. The average Bonchev–Trinajstić information content (AvgIpc) is 2.65. The quantitative estimate of drug-likeness (QED) is 0.729. The molecular weight excluding hydrogens is 248 g/mol. The minimum Gasteiger partial charge on any atom is -0.389 e. The summed E-state index contributed by atoms with van der Waals surface area (Å²) in [6.45, 7) is 0. The Hall–Kier alpha value is -0.880. The van der Waals surface area contributed by atoms with Gasteiger partial charge in [0.2, 0.25) is 0 Å². The average molecular weight is 259 g/mol. The van der Waals surface area contributed by atoms with E-state index in [2.05, 4.69) is 4.98 Å². The number of aromatic nitrogens is 1. The molecule has 2 unspecified atom stereocenters. The van der Waals surface area contributed by atoms with Gasteiger partial charge in [0.1, 0.15) is 6.10 Å². The summed E-state index contributed by atoms with van der Waals surface area (Å²) in [6.07, 6.45) is -1.95. The third kappa shape index (κ3) is 2.12. The smallest absolute Gasteiger partial charge is 0.181 e. The van der Waals surface area contributed by atoms with Crippen molar-refractivity contribution in [3.63, 3.8) is 0 Å². The van der Waals surface area contributed by atoms with E-state index in [1.807, 2.05) is 0 Å². The number of nitrogens with two attached hydrogens (primary N) is 1. The molecule has 86 valence electrons. The molecule has 0 bridgehead atoms. The maximum Gasteiger partial charge on any atom is 0.181 e. The highest BCUT2D eigenvalue weighted by atomic mass is 35.5. The molecular formula is C10H11ClN2O2S. The van der Waals surface area contributed by atoms with Crippen molar-refractivity contribution in [1.29, 1.82) is 0 Å². The van der Waals surface area contributed by atoms with Gasteiger partial charge in [-0.2, -0.15) is 0 Å². The number of nitrogens with zero attached hydrogens (tertiary/aromatic N) is 1. The molecule has 1 aromatic carbocycles. The maximum atomic E-state index is 9.77. The largest absolute Gasteiger partial charge is 0.389 e. The van der Waals surface area contributed by atoms with Crippen LogP contribution in [-0.2, 0) is 0 Å². The molecule has 0 aliphatic heterocycles. The van der Waals surface area contributed by atoms with Crippen molar-refractivity contribution in [2.45, 2.75) is 12.2 Å². The number of alkyl halides is 1. The number of aliphatic hydroxyl groups is 2. The molecule has 4 N–H and O–H groups in total. The van der Waals surface area contributed by atoms with Crippen LogP contribution >= 0.6 is 22.9 Å². The highest BCUT2D eigenvalue weighted by Crippen LogP contribution is 2.28. The minimum absolute atomic E-state index is 0.00989. The summed E-state index contributed by atoms with van der Waals surface area (Å²) in [4.78, 5) is 4.10. The van der Waals surface area contributed by atoms with Crippen molar-refractivity contribution < 1.29 is 10.2 Å². The zero-order valence-electron chi connectivity index (χ0n) is 8.30. The number of hydrogen-bond donors (Lipinski definition) is 3. The summed E-state index contributed by atoms with van der Waals surface area (Å²) in [5, 5.41) is 19.7. The molecule has 4 nitrogen and oxygen atoms in total. The van der Waals surface area contributed by atoms with Crippen molar-refractivity contribution >= 4 is 38.3 Å². The Labute approximate surface area is 101 Å². The molecule has 2 aromatic rings. The zero-order valence-corrected chi connectivity index (χ0v) is 9.87. The number of thiazole rings is 1. The maximum absolute atomic E-state index is 9.77. The second kappa shape index (κ2) is 4.55. The Kier molecular flexibility index (Phi) is 3.30. The van der Waals surface area contributed by atoms with Gasteiger partial charge in [-0.1, -0.05) is 17.4 Å². The SMILES string of the molecule is Nc1nc2ccc(C(O)C(O)CCl)cc2s1. The number of hydrogen-bond acceptors (Lipinski definition) is 5. The lowest BCUT2D eigenvalue weighted by molar-refractivity contribution is 0.0328. The van der Waals surface area contributed by atoms with Gasteiger partial charge in [-0.25, -0.2) is 4.98 Å². The van der Waals surface area contributed by atoms with E-state index < -0.39 is 12.2 Å². The van der Waals surface area contributed by atoms with E-state index >= 15 is 0 Å². The van der Waals surface area contributed by atoms with Crippen molar-refractivity contribution in [2.24, 2.45) is 0 Å². The lowest BCUT2D eigenvalue weighted by Gasteiger charge is -2.15. The monoisotopic (exact) mass is 258 g/mol. The van der Waals surface area contributed by atoms with Crippen molar-refractivity contribution in [3.8, 4) is 0 Å². The molecule has 0 saturated carbocycles. The third-order valence-corrected chi connectivity index (χ3v) is 3.46. The molecule has 0 spiro atoms. The Morgan fingerprint density at radius 2 is 2.19 bits per heavy atom. The van der Waals surface area contributed by atoms with E-state index in [0.717, 1.165) is 10.2 Å². The van der Waals surface area contributed by atoms with Crippen molar-refractivity contribution in [1.82, 2.24) is 4.98 Å². The fourth-order valence-corrected chi connectivity index (χ4v) is 2.40.